The number of unbranched alkanes of at least 4 members (excludes halogenated alkanes) is 24. The van der Waals surface area contributed by atoms with Gasteiger partial charge in [-0.1, -0.05) is 173 Å². The number of esters is 2. The van der Waals surface area contributed by atoms with Crippen LogP contribution in [0.1, 0.15) is 206 Å². The van der Waals surface area contributed by atoms with E-state index in [4.69, 9.17) is 24.3 Å². The van der Waals surface area contributed by atoms with E-state index in [1.165, 1.54) is 122 Å². The van der Waals surface area contributed by atoms with Gasteiger partial charge in [-0.3, -0.25) is 18.6 Å². The molecule has 1 unspecified atom stereocenters. The minimum Gasteiger partial charge on any atom is -0.462 e. The van der Waals surface area contributed by atoms with Crippen molar-refractivity contribution in [1.29, 1.82) is 0 Å². The SMILES string of the molecule is CCCCCC=CCC=CCCCCCCCCCC(=O)OC[C@H](COP(=O)(O)OCCN)OC(=O)CCCCCCCCCCCCCCCCC. The van der Waals surface area contributed by atoms with E-state index < -0.39 is 26.5 Å². The molecule has 0 fully saturated rings. The second-order valence-electron chi connectivity index (χ2n) is 14.6. The topological polar surface area (TPSA) is 134 Å². The van der Waals surface area contributed by atoms with Gasteiger partial charge in [-0.25, -0.2) is 4.57 Å². The molecule has 0 rings (SSSR count). The van der Waals surface area contributed by atoms with Gasteiger partial charge in [0.2, 0.25) is 0 Å². The van der Waals surface area contributed by atoms with Gasteiger partial charge in [0, 0.05) is 19.4 Å². The van der Waals surface area contributed by atoms with Crippen molar-refractivity contribution in [3.8, 4) is 0 Å². The number of nitrogens with two attached hydrogens (primary N) is 1. The molecule has 312 valence electrons. The zero-order valence-electron chi connectivity index (χ0n) is 34.3. The van der Waals surface area contributed by atoms with E-state index in [1.54, 1.807) is 0 Å². The lowest BCUT2D eigenvalue weighted by atomic mass is 10.0. The fourth-order valence-electron chi connectivity index (χ4n) is 6.08. The van der Waals surface area contributed by atoms with Gasteiger partial charge in [0.25, 0.3) is 0 Å². The van der Waals surface area contributed by atoms with Crippen molar-refractivity contribution in [3.63, 3.8) is 0 Å². The normalized spacial score (nSPS) is 13.5. The van der Waals surface area contributed by atoms with Crippen LogP contribution in [0.4, 0.5) is 0 Å². The Hall–Kier alpha value is -1.51. The second-order valence-corrected chi connectivity index (χ2v) is 16.0. The molecule has 0 aliphatic heterocycles. The Morgan fingerprint density at radius 3 is 1.47 bits per heavy atom. The minimum absolute atomic E-state index is 0.0539. The maximum absolute atomic E-state index is 12.6. The van der Waals surface area contributed by atoms with Crippen molar-refractivity contribution in [2.45, 2.75) is 213 Å². The van der Waals surface area contributed by atoms with Crippen LogP contribution < -0.4 is 5.73 Å². The van der Waals surface area contributed by atoms with Crippen molar-refractivity contribution < 1.29 is 37.6 Å². The van der Waals surface area contributed by atoms with Crippen molar-refractivity contribution >= 4 is 19.8 Å². The fourth-order valence-corrected chi connectivity index (χ4v) is 6.84. The molecule has 2 atom stereocenters. The molecule has 0 aromatic rings. The quantitative estimate of drug-likeness (QED) is 0.0269. The number of hydrogen-bond acceptors (Lipinski definition) is 8. The van der Waals surface area contributed by atoms with Gasteiger partial charge in [0.15, 0.2) is 6.10 Å². The monoisotopic (exact) mass is 772 g/mol. The van der Waals surface area contributed by atoms with E-state index >= 15 is 0 Å². The van der Waals surface area contributed by atoms with Crippen LogP contribution in [-0.2, 0) is 32.7 Å². The molecule has 0 aromatic heterocycles. The van der Waals surface area contributed by atoms with Crippen LogP contribution in [0.15, 0.2) is 24.3 Å². The summed E-state index contributed by atoms with van der Waals surface area (Å²) in [4.78, 5) is 34.9. The molecule has 3 N–H and O–H groups in total. The average molecular weight is 772 g/mol. The Morgan fingerprint density at radius 1 is 0.566 bits per heavy atom. The molecule has 0 aliphatic carbocycles. The highest BCUT2D eigenvalue weighted by molar-refractivity contribution is 7.47. The highest BCUT2D eigenvalue weighted by Crippen LogP contribution is 2.43. The summed E-state index contributed by atoms with van der Waals surface area (Å²) in [6.07, 6.45) is 42.0. The Morgan fingerprint density at radius 2 is 0.981 bits per heavy atom. The third kappa shape index (κ3) is 40.0. The number of allylic oxidation sites excluding steroid dienone is 4. The van der Waals surface area contributed by atoms with Crippen LogP contribution in [0.3, 0.4) is 0 Å². The summed E-state index contributed by atoms with van der Waals surface area (Å²) in [6, 6.07) is 0. The molecule has 0 heterocycles. The largest absolute Gasteiger partial charge is 0.472 e. The second kappa shape index (κ2) is 40.2. The first-order valence-electron chi connectivity index (χ1n) is 21.8. The van der Waals surface area contributed by atoms with E-state index in [1.807, 2.05) is 0 Å². The minimum atomic E-state index is -4.37. The lowest BCUT2D eigenvalue weighted by Gasteiger charge is -2.19. The summed E-state index contributed by atoms with van der Waals surface area (Å²) in [7, 11) is -4.37. The van der Waals surface area contributed by atoms with Crippen LogP contribution in [0.25, 0.3) is 0 Å². The summed E-state index contributed by atoms with van der Waals surface area (Å²) < 4.78 is 32.8. The fraction of sp³-hybridized carbons (Fsp3) is 0.860. The maximum atomic E-state index is 12.6. The molecule has 0 saturated heterocycles. The summed E-state index contributed by atoms with van der Waals surface area (Å²) in [5.74, 6) is -0.830. The van der Waals surface area contributed by atoms with Crippen LogP contribution in [0, 0.1) is 0 Å². The van der Waals surface area contributed by atoms with E-state index in [2.05, 4.69) is 38.2 Å². The van der Waals surface area contributed by atoms with Crippen LogP contribution in [-0.4, -0.2) is 49.3 Å². The Labute approximate surface area is 325 Å². The summed E-state index contributed by atoms with van der Waals surface area (Å²) >= 11 is 0. The summed E-state index contributed by atoms with van der Waals surface area (Å²) in [6.45, 7) is 3.72. The van der Waals surface area contributed by atoms with Gasteiger partial charge in [-0.05, 0) is 44.9 Å². The molecule has 53 heavy (non-hydrogen) atoms. The van der Waals surface area contributed by atoms with Crippen LogP contribution in [0.2, 0.25) is 0 Å². The highest BCUT2D eigenvalue weighted by Gasteiger charge is 2.26. The molecule has 9 nitrogen and oxygen atoms in total. The first-order valence-corrected chi connectivity index (χ1v) is 23.3. The molecule has 0 amide bonds. The average Bonchev–Trinajstić information content (AvgIpc) is 3.14. The van der Waals surface area contributed by atoms with Crippen molar-refractivity contribution in [2.24, 2.45) is 5.73 Å². The van der Waals surface area contributed by atoms with E-state index in [0.29, 0.717) is 6.42 Å². The first kappa shape index (κ1) is 51.5. The van der Waals surface area contributed by atoms with E-state index in [9.17, 15) is 19.0 Å². The van der Waals surface area contributed by atoms with E-state index in [0.717, 1.165) is 51.4 Å². The lowest BCUT2D eigenvalue weighted by Crippen LogP contribution is -2.29. The predicted octanol–water partition coefficient (Wildman–Crippen LogP) is 12.4. The van der Waals surface area contributed by atoms with Gasteiger partial charge < -0.3 is 20.1 Å². The number of carbonyl (C=O) groups excluding carboxylic acids is 2. The Bertz CT molecular complexity index is 928. The van der Waals surface area contributed by atoms with Crippen molar-refractivity contribution in [2.75, 3.05) is 26.4 Å². The Kier molecular flexibility index (Phi) is 39.0. The van der Waals surface area contributed by atoms with Gasteiger partial charge in [0.05, 0.1) is 13.2 Å². The number of phosphoric acid groups is 1. The number of hydrogen-bond donors (Lipinski definition) is 2. The first-order chi connectivity index (χ1) is 25.8. The van der Waals surface area contributed by atoms with Crippen LogP contribution in [0.5, 0.6) is 0 Å². The third-order valence-electron chi connectivity index (χ3n) is 9.34. The number of phosphoric ester groups is 1. The zero-order valence-corrected chi connectivity index (χ0v) is 35.2. The standard InChI is InChI=1S/C43H82NO8P/c1-3-5-7-9-11-13-15-17-19-20-22-23-25-27-29-31-33-35-42(45)49-39-41(40-51-53(47,48)50-38-37-44)52-43(46)36-34-32-30-28-26-24-21-18-16-14-12-10-8-6-4-2/h11,13,17,19,41H,3-10,12,14-16,18,20-40,44H2,1-2H3,(H,47,48)/t41-/m1/s1. The van der Waals surface area contributed by atoms with E-state index in [-0.39, 0.29) is 38.6 Å². The molecule has 0 aliphatic rings. The van der Waals surface area contributed by atoms with Gasteiger partial charge in [-0.15, -0.1) is 0 Å². The molecule has 10 heteroatoms. The summed E-state index contributed by atoms with van der Waals surface area (Å²) in [5.41, 5.74) is 5.35. The Balaban J connectivity index is 4.14. The molecule has 0 spiro atoms. The third-order valence-corrected chi connectivity index (χ3v) is 10.3. The van der Waals surface area contributed by atoms with Gasteiger partial charge >= 0.3 is 19.8 Å². The van der Waals surface area contributed by atoms with Crippen molar-refractivity contribution in [3.05, 3.63) is 24.3 Å². The number of carbonyl (C=O) groups is 2. The number of ether oxygens (including phenoxy) is 2. The molecule has 0 radical (unpaired) electrons. The van der Waals surface area contributed by atoms with Gasteiger partial charge in [0.1, 0.15) is 6.61 Å². The van der Waals surface area contributed by atoms with Gasteiger partial charge in [-0.2, -0.15) is 0 Å². The highest BCUT2D eigenvalue weighted by atomic mass is 31.2. The zero-order chi connectivity index (χ0) is 38.9. The lowest BCUT2D eigenvalue weighted by molar-refractivity contribution is -0.161. The summed E-state index contributed by atoms with van der Waals surface area (Å²) in [5, 5.41) is 0. The molecule has 0 saturated carbocycles. The molecule has 0 aromatic carbocycles. The van der Waals surface area contributed by atoms with Crippen LogP contribution >= 0.6 is 7.82 Å². The molecule has 0 bridgehead atoms. The molecular weight excluding hydrogens is 689 g/mol. The maximum Gasteiger partial charge on any atom is 0.472 e. The molecular formula is C43H82NO8P. The predicted molar refractivity (Wildman–Crippen MR) is 220 cm³/mol. The van der Waals surface area contributed by atoms with Crippen molar-refractivity contribution in [1.82, 2.24) is 0 Å². The smallest absolute Gasteiger partial charge is 0.462 e. The number of rotatable bonds is 41.